The summed E-state index contributed by atoms with van der Waals surface area (Å²) in [5, 5.41) is 8.76. The SMILES string of the molecule is C[Si](C)(C)O[Si](C)(CCC(OC(=O)C=CC(=O)O)C1CCCCC1)O[Si](C)(C)C. The number of carbonyl (C=O) groups is 2. The van der Waals surface area contributed by atoms with Crippen LogP contribution in [-0.2, 0) is 22.6 Å². The molecule has 0 radical (unpaired) electrons. The maximum atomic E-state index is 12.2. The van der Waals surface area contributed by atoms with Crippen molar-refractivity contribution in [1.82, 2.24) is 0 Å². The molecule has 0 bridgehead atoms. The first kappa shape index (κ1) is 26.3. The molecular weight excluding hydrogens is 420 g/mol. The first-order chi connectivity index (χ1) is 13.2. The van der Waals surface area contributed by atoms with E-state index in [0.29, 0.717) is 12.3 Å². The van der Waals surface area contributed by atoms with Gasteiger partial charge in [0.25, 0.3) is 0 Å². The predicted octanol–water partition coefficient (Wildman–Crippen LogP) is 5.28. The van der Waals surface area contributed by atoms with Crippen LogP contribution in [0.25, 0.3) is 0 Å². The highest BCUT2D eigenvalue weighted by Crippen LogP contribution is 2.33. The van der Waals surface area contributed by atoms with Crippen molar-refractivity contribution in [2.24, 2.45) is 5.92 Å². The van der Waals surface area contributed by atoms with Gasteiger partial charge in [-0.05, 0) is 77.1 Å². The smallest absolute Gasteiger partial charge is 0.331 e. The Labute approximate surface area is 179 Å². The minimum absolute atomic E-state index is 0.219. The number of esters is 1. The summed E-state index contributed by atoms with van der Waals surface area (Å²) in [7, 11) is -5.99. The van der Waals surface area contributed by atoms with E-state index in [9.17, 15) is 9.59 Å². The lowest BCUT2D eigenvalue weighted by Gasteiger charge is -2.39. The van der Waals surface area contributed by atoms with Crippen LogP contribution in [0.3, 0.4) is 0 Å². The van der Waals surface area contributed by atoms with Crippen molar-refractivity contribution in [1.29, 1.82) is 0 Å². The third-order valence-corrected chi connectivity index (χ3v) is 14.3. The molecule has 1 atom stereocenters. The van der Waals surface area contributed by atoms with Gasteiger partial charge in [0.05, 0.1) is 0 Å². The molecule has 0 aromatic heterocycles. The highest BCUT2D eigenvalue weighted by molar-refractivity contribution is 6.87. The lowest BCUT2D eigenvalue weighted by Crippen LogP contribution is -2.53. The molecule has 1 fully saturated rings. The molecule has 9 heteroatoms. The second-order valence-electron chi connectivity index (χ2n) is 10.1. The van der Waals surface area contributed by atoms with Gasteiger partial charge >= 0.3 is 20.5 Å². The van der Waals surface area contributed by atoms with Crippen LogP contribution in [0.1, 0.15) is 38.5 Å². The van der Waals surface area contributed by atoms with Crippen LogP contribution in [0.15, 0.2) is 12.2 Å². The van der Waals surface area contributed by atoms with Crippen LogP contribution >= 0.6 is 0 Å². The molecule has 0 aromatic carbocycles. The Balaban J connectivity index is 2.92. The summed E-state index contributed by atoms with van der Waals surface area (Å²) in [5.74, 6) is -1.41. The van der Waals surface area contributed by atoms with Gasteiger partial charge in [-0.2, -0.15) is 0 Å². The fourth-order valence-corrected chi connectivity index (χ4v) is 16.6. The molecule has 1 N–H and O–H groups in total. The van der Waals surface area contributed by atoms with Crippen LogP contribution in [0, 0.1) is 5.92 Å². The van der Waals surface area contributed by atoms with Gasteiger partial charge in [0.1, 0.15) is 6.10 Å². The molecule has 1 unspecified atom stereocenters. The first-order valence-corrected chi connectivity index (χ1v) is 20.1. The van der Waals surface area contributed by atoms with E-state index in [-0.39, 0.29) is 6.10 Å². The largest absolute Gasteiger partial charge is 0.478 e. The number of aliphatic carboxylic acids is 1. The molecular formula is C20H40O6Si3. The first-order valence-electron chi connectivity index (χ1n) is 10.7. The summed E-state index contributed by atoms with van der Waals surface area (Å²) in [6.45, 7) is 15.2. The van der Waals surface area contributed by atoms with Crippen molar-refractivity contribution in [3.8, 4) is 0 Å². The molecule has 1 aliphatic carbocycles. The van der Waals surface area contributed by atoms with E-state index in [4.69, 9.17) is 18.1 Å². The standard InChI is InChI=1S/C20H40O6Si3/c1-27(2,3)25-29(7,26-28(4,5)6)16-15-18(17-11-9-8-10-12-17)24-20(23)14-13-19(21)22/h13-14,17-18H,8-12,15-16H2,1-7H3,(H,21,22). The molecule has 29 heavy (non-hydrogen) atoms. The van der Waals surface area contributed by atoms with Crippen LogP contribution in [-0.4, -0.2) is 48.3 Å². The zero-order valence-electron chi connectivity index (χ0n) is 19.2. The number of ether oxygens (including phenoxy) is 1. The third-order valence-electron chi connectivity index (χ3n) is 4.73. The lowest BCUT2D eigenvalue weighted by molar-refractivity contribution is -0.147. The monoisotopic (exact) mass is 460 g/mol. The Bertz CT molecular complexity index is 558. The number of carboxylic acids is 1. The van der Waals surface area contributed by atoms with Gasteiger partial charge in [-0.15, -0.1) is 0 Å². The van der Waals surface area contributed by atoms with E-state index in [1.54, 1.807) is 0 Å². The van der Waals surface area contributed by atoms with Crippen molar-refractivity contribution >= 4 is 37.1 Å². The Kier molecular flexibility index (Phi) is 10.0. The van der Waals surface area contributed by atoms with Crippen molar-refractivity contribution in [2.45, 2.75) is 96.5 Å². The Morgan fingerprint density at radius 3 is 1.90 bits per heavy atom. The minimum atomic E-state index is -2.41. The van der Waals surface area contributed by atoms with E-state index in [1.807, 2.05) is 0 Å². The third kappa shape index (κ3) is 11.9. The topological polar surface area (TPSA) is 82.1 Å². The summed E-state index contributed by atoms with van der Waals surface area (Å²) < 4.78 is 18.9. The van der Waals surface area contributed by atoms with Crippen molar-refractivity contribution in [3.63, 3.8) is 0 Å². The Morgan fingerprint density at radius 1 is 0.931 bits per heavy atom. The molecule has 0 aromatic rings. The van der Waals surface area contributed by atoms with Gasteiger partial charge in [-0.25, -0.2) is 9.59 Å². The number of carboxylic acid groups (broad SMARTS) is 1. The maximum absolute atomic E-state index is 12.2. The van der Waals surface area contributed by atoms with Gasteiger partial charge < -0.3 is 18.1 Å². The second kappa shape index (κ2) is 11.0. The Morgan fingerprint density at radius 2 is 1.45 bits per heavy atom. The van der Waals surface area contributed by atoms with Gasteiger partial charge in [-0.3, -0.25) is 0 Å². The quantitative estimate of drug-likeness (QED) is 0.256. The fraction of sp³-hybridized carbons (Fsp3) is 0.800. The summed E-state index contributed by atoms with van der Waals surface area (Å²) in [5.41, 5.74) is 0. The van der Waals surface area contributed by atoms with Gasteiger partial charge in [0, 0.05) is 12.2 Å². The fourth-order valence-electron chi connectivity index (χ4n) is 4.05. The molecule has 1 rings (SSSR count). The van der Waals surface area contributed by atoms with Crippen molar-refractivity contribution < 1.29 is 27.7 Å². The number of carbonyl (C=O) groups excluding carboxylic acids is 1. The van der Waals surface area contributed by atoms with E-state index < -0.39 is 37.1 Å². The summed E-state index contributed by atoms with van der Waals surface area (Å²) >= 11 is 0. The lowest BCUT2D eigenvalue weighted by atomic mass is 9.84. The van der Waals surface area contributed by atoms with Crippen LogP contribution in [0.4, 0.5) is 0 Å². The maximum Gasteiger partial charge on any atom is 0.331 e. The molecule has 1 aliphatic rings. The van der Waals surface area contributed by atoms with Crippen molar-refractivity contribution in [3.05, 3.63) is 12.2 Å². The van der Waals surface area contributed by atoms with Crippen LogP contribution < -0.4 is 0 Å². The zero-order valence-corrected chi connectivity index (χ0v) is 22.2. The molecule has 6 nitrogen and oxygen atoms in total. The van der Waals surface area contributed by atoms with E-state index in [1.165, 1.54) is 6.42 Å². The van der Waals surface area contributed by atoms with Crippen LogP contribution in [0.2, 0.25) is 51.9 Å². The molecule has 168 valence electrons. The number of hydrogen-bond acceptors (Lipinski definition) is 5. The average molecular weight is 461 g/mol. The Hall–Kier alpha value is -0.749. The molecule has 1 saturated carbocycles. The summed E-state index contributed by atoms with van der Waals surface area (Å²) in [6.07, 6.45) is 7.93. The minimum Gasteiger partial charge on any atom is -0.478 e. The molecule has 0 amide bonds. The van der Waals surface area contributed by atoms with Gasteiger partial charge in [0.15, 0.2) is 16.6 Å². The second-order valence-corrected chi connectivity index (χ2v) is 23.0. The van der Waals surface area contributed by atoms with Gasteiger partial charge in [0.2, 0.25) is 0 Å². The van der Waals surface area contributed by atoms with Gasteiger partial charge in [-0.1, -0.05) is 19.3 Å². The molecule has 0 saturated heterocycles. The number of rotatable bonds is 11. The molecule has 0 aliphatic heterocycles. The highest BCUT2D eigenvalue weighted by Gasteiger charge is 2.41. The highest BCUT2D eigenvalue weighted by atomic mass is 28.5. The van der Waals surface area contributed by atoms with Crippen molar-refractivity contribution in [2.75, 3.05) is 0 Å². The molecule has 0 heterocycles. The number of hydrogen-bond donors (Lipinski definition) is 1. The normalized spacial score (nSPS) is 18.0. The zero-order chi connectivity index (χ0) is 22.3. The predicted molar refractivity (Wildman–Crippen MR) is 123 cm³/mol. The average Bonchev–Trinajstić information content (AvgIpc) is 2.54. The molecule has 0 spiro atoms. The van der Waals surface area contributed by atoms with E-state index >= 15 is 0 Å². The van der Waals surface area contributed by atoms with E-state index in [2.05, 4.69) is 45.8 Å². The van der Waals surface area contributed by atoms with E-state index in [0.717, 1.165) is 43.9 Å². The summed E-state index contributed by atoms with van der Waals surface area (Å²) in [4.78, 5) is 22.9. The summed E-state index contributed by atoms with van der Waals surface area (Å²) in [6, 6.07) is 0.776. The van der Waals surface area contributed by atoms with Crippen LogP contribution in [0.5, 0.6) is 0 Å².